The Hall–Kier alpha value is -3.15. The summed E-state index contributed by atoms with van der Waals surface area (Å²) in [7, 11) is 0. The molecule has 1 aliphatic heterocycles. The second-order valence-corrected chi connectivity index (χ2v) is 9.79. The molecule has 1 saturated carbocycles. The normalized spacial score (nSPS) is 17.5. The van der Waals surface area contributed by atoms with Crippen LogP contribution < -0.4 is 10.6 Å². The number of carbonyl (C=O) groups excluding carboxylic acids is 2. The summed E-state index contributed by atoms with van der Waals surface area (Å²) in [5.74, 6) is 0.669. The van der Waals surface area contributed by atoms with Gasteiger partial charge in [0, 0.05) is 42.6 Å². The van der Waals surface area contributed by atoms with E-state index in [4.69, 9.17) is 0 Å². The van der Waals surface area contributed by atoms with Crippen LogP contribution >= 0.6 is 11.8 Å². The predicted molar refractivity (Wildman–Crippen MR) is 122 cm³/mol. The lowest BCUT2D eigenvalue weighted by molar-refractivity contribution is -0.137. The van der Waals surface area contributed by atoms with Crippen molar-refractivity contribution in [2.45, 2.75) is 30.9 Å². The summed E-state index contributed by atoms with van der Waals surface area (Å²) < 4.78 is 42.2. The van der Waals surface area contributed by atoms with Crippen molar-refractivity contribution < 1.29 is 22.8 Å². The number of benzene rings is 1. The van der Waals surface area contributed by atoms with Crippen molar-refractivity contribution in [1.29, 1.82) is 0 Å². The van der Waals surface area contributed by atoms with E-state index >= 15 is 0 Å². The Labute approximate surface area is 197 Å². The quantitative estimate of drug-likeness (QED) is 0.566. The average Bonchev–Trinajstić information content (AvgIpc) is 3.31. The second-order valence-electron chi connectivity index (χ2n) is 8.96. The van der Waals surface area contributed by atoms with Gasteiger partial charge in [-0.2, -0.15) is 18.3 Å². The van der Waals surface area contributed by atoms with Gasteiger partial charge in [0.05, 0.1) is 17.6 Å². The van der Waals surface area contributed by atoms with E-state index in [1.165, 1.54) is 12.1 Å². The third-order valence-corrected chi connectivity index (χ3v) is 6.95. The summed E-state index contributed by atoms with van der Waals surface area (Å²) in [6, 6.07) is 3.91. The molecular formula is C22H23F3N6O2S. The standard InChI is InChI=1S/C22H23F3N6O2S/c1-34-13-29-5-6-31-18(29)17(10-26-31)19(32)30-11-21(12-30)8-16(9-21)28-20(33)27-15-4-2-3-14(7-15)22(23,24)25/h2-7,10,16H,8-9,11-13H2,1H3,(H2,27,28,33). The molecule has 1 aromatic carbocycles. The summed E-state index contributed by atoms with van der Waals surface area (Å²) in [6.45, 7) is 1.22. The number of imidazole rings is 1. The van der Waals surface area contributed by atoms with Gasteiger partial charge in [-0.15, -0.1) is 11.8 Å². The lowest BCUT2D eigenvalue weighted by Crippen LogP contribution is -2.67. The van der Waals surface area contributed by atoms with Crippen LogP contribution in [-0.2, 0) is 12.1 Å². The molecule has 0 atom stereocenters. The number of urea groups is 1. The molecule has 180 valence electrons. The first kappa shape index (κ1) is 22.6. The second kappa shape index (κ2) is 8.26. The molecule has 0 radical (unpaired) electrons. The molecule has 2 N–H and O–H groups in total. The van der Waals surface area contributed by atoms with Crippen LogP contribution in [0.1, 0.15) is 28.8 Å². The summed E-state index contributed by atoms with van der Waals surface area (Å²) in [5.41, 5.74) is 0.601. The number of alkyl halides is 3. The predicted octanol–water partition coefficient (Wildman–Crippen LogP) is 3.90. The van der Waals surface area contributed by atoms with Gasteiger partial charge < -0.3 is 20.1 Å². The number of nitrogens with zero attached hydrogens (tertiary/aromatic N) is 4. The number of hydrogen-bond donors (Lipinski definition) is 2. The summed E-state index contributed by atoms with van der Waals surface area (Å²) in [4.78, 5) is 27.1. The summed E-state index contributed by atoms with van der Waals surface area (Å²) in [6.07, 6.45) is 4.30. The van der Waals surface area contributed by atoms with Gasteiger partial charge in [-0.1, -0.05) is 6.07 Å². The van der Waals surface area contributed by atoms with Crippen molar-refractivity contribution >= 4 is 35.0 Å². The number of fused-ring (bicyclic) bond motifs is 1. The number of rotatable bonds is 5. The molecule has 0 bridgehead atoms. The van der Waals surface area contributed by atoms with Crippen molar-refractivity contribution in [3.8, 4) is 0 Å². The van der Waals surface area contributed by atoms with E-state index in [9.17, 15) is 22.8 Å². The maximum atomic E-state index is 13.0. The van der Waals surface area contributed by atoms with E-state index in [0.29, 0.717) is 18.7 Å². The number of thioether (sulfide) groups is 1. The van der Waals surface area contributed by atoms with Crippen LogP contribution in [0.3, 0.4) is 0 Å². The first-order valence-electron chi connectivity index (χ1n) is 10.7. The minimum Gasteiger partial charge on any atom is -0.337 e. The Kier molecular flexibility index (Phi) is 5.50. The third kappa shape index (κ3) is 4.10. The van der Waals surface area contributed by atoms with Gasteiger partial charge >= 0.3 is 12.2 Å². The number of carbonyl (C=O) groups is 2. The van der Waals surface area contributed by atoms with Crippen LogP contribution in [0.2, 0.25) is 0 Å². The summed E-state index contributed by atoms with van der Waals surface area (Å²) >= 11 is 1.65. The fraction of sp³-hybridized carbons (Fsp3) is 0.409. The zero-order chi connectivity index (χ0) is 24.1. The molecule has 3 heterocycles. The summed E-state index contributed by atoms with van der Waals surface area (Å²) in [5, 5.41) is 9.55. The molecule has 1 spiro atoms. The largest absolute Gasteiger partial charge is 0.416 e. The molecule has 12 heteroatoms. The average molecular weight is 493 g/mol. The highest BCUT2D eigenvalue weighted by atomic mass is 32.2. The lowest BCUT2D eigenvalue weighted by atomic mass is 9.60. The Morgan fingerprint density at radius 2 is 2.00 bits per heavy atom. The highest BCUT2D eigenvalue weighted by molar-refractivity contribution is 7.97. The van der Waals surface area contributed by atoms with Crippen molar-refractivity contribution in [3.05, 3.63) is 54.0 Å². The minimum atomic E-state index is -4.47. The maximum Gasteiger partial charge on any atom is 0.416 e. The van der Waals surface area contributed by atoms with E-state index in [0.717, 1.165) is 36.5 Å². The molecule has 3 aromatic rings. The number of hydrogen-bond acceptors (Lipinski definition) is 4. The zero-order valence-electron chi connectivity index (χ0n) is 18.3. The smallest absolute Gasteiger partial charge is 0.337 e. The molecule has 1 saturated heterocycles. The number of halogens is 3. The maximum absolute atomic E-state index is 13.0. The topological polar surface area (TPSA) is 83.7 Å². The van der Waals surface area contributed by atoms with E-state index < -0.39 is 17.8 Å². The molecule has 34 heavy (non-hydrogen) atoms. The van der Waals surface area contributed by atoms with Gasteiger partial charge in [0.2, 0.25) is 0 Å². The fourth-order valence-corrected chi connectivity index (χ4v) is 5.40. The Morgan fingerprint density at radius 1 is 1.24 bits per heavy atom. The highest BCUT2D eigenvalue weighted by Crippen LogP contribution is 2.48. The minimum absolute atomic E-state index is 0.0165. The van der Waals surface area contributed by atoms with Crippen LogP contribution in [-0.4, -0.2) is 56.4 Å². The lowest BCUT2D eigenvalue weighted by Gasteiger charge is -2.58. The van der Waals surface area contributed by atoms with Crippen molar-refractivity contribution in [3.63, 3.8) is 0 Å². The van der Waals surface area contributed by atoms with Gasteiger partial charge in [0.15, 0.2) is 0 Å². The van der Waals surface area contributed by atoms with Crippen molar-refractivity contribution in [1.82, 2.24) is 24.4 Å². The first-order valence-corrected chi connectivity index (χ1v) is 12.1. The van der Waals surface area contributed by atoms with Gasteiger partial charge in [-0.25, -0.2) is 9.31 Å². The van der Waals surface area contributed by atoms with Crippen LogP contribution in [0, 0.1) is 5.41 Å². The van der Waals surface area contributed by atoms with Gasteiger partial charge in [-0.05, 0) is 37.3 Å². The van der Waals surface area contributed by atoms with Crippen LogP contribution in [0.4, 0.5) is 23.7 Å². The SMILES string of the molecule is CSCn1ccn2ncc(C(=O)N3CC4(CC(NC(=O)Nc5cccc(C(F)(F)F)c5)C4)C3)c12. The fourth-order valence-electron chi connectivity index (χ4n) is 4.91. The first-order chi connectivity index (χ1) is 16.2. The Balaban J connectivity index is 1.13. The third-order valence-electron chi connectivity index (χ3n) is 6.41. The molecule has 3 amide bonds. The molecule has 2 fully saturated rings. The Bertz CT molecular complexity index is 1240. The number of amides is 3. The molecule has 1 aliphatic carbocycles. The number of anilines is 1. The monoisotopic (exact) mass is 492 g/mol. The van der Waals surface area contributed by atoms with Crippen LogP contribution in [0.15, 0.2) is 42.9 Å². The number of aromatic nitrogens is 3. The zero-order valence-corrected chi connectivity index (χ0v) is 19.1. The molecule has 0 unspecified atom stereocenters. The van der Waals surface area contributed by atoms with E-state index in [1.54, 1.807) is 27.4 Å². The van der Waals surface area contributed by atoms with Gasteiger partial charge in [0.25, 0.3) is 5.91 Å². The van der Waals surface area contributed by atoms with Crippen molar-refractivity contribution in [2.24, 2.45) is 5.41 Å². The van der Waals surface area contributed by atoms with E-state index in [2.05, 4.69) is 15.7 Å². The van der Waals surface area contributed by atoms with Gasteiger partial charge in [0.1, 0.15) is 11.2 Å². The van der Waals surface area contributed by atoms with Gasteiger partial charge in [-0.3, -0.25) is 4.79 Å². The molecule has 2 aromatic heterocycles. The molecular weight excluding hydrogens is 469 g/mol. The molecule has 8 nitrogen and oxygen atoms in total. The number of nitrogens with one attached hydrogen (secondary N) is 2. The highest BCUT2D eigenvalue weighted by Gasteiger charge is 2.54. The van der Waals surface area contributed by atoms with Crippen LogP contribution in [0.5, 0.6) is 0 Å². The number of likely N-dealkylation sites (tertiary alicyclic amines) is 1. The van der Waals surface area contributed by atoms with Crippen molar-refractivity contribution in [2.75, 3.05) is 24.7 Å². The molecule has 2 aliphatic rings. The van der Waals surface area contributed by atoms with E-state index in [-0.39, 0.29) is 23.1 Å². The Morgan fingerprint density at radius 3 is 2.71 bits per heavy atom. The van der Waals surface area contributed by atoms with E-state index in [1.807, 2.05) is 23.2 Å². The van der Waals surface area contributed by atoms with Crippen LogP contribution in [0.25, 0.3) is 5.65 Å². The molecule has 5 rings (SSSR count).